The molecule has 0 aliphatic heterocycles. The van der Waals surface area contributed by atoms with Gasteiger partial charge in [0, 0.05) is 5.57 Å². The van der Waals surface area contributed by atoms with Gasteiger partial charge in [0.15, 0.2) is 5.78 Å². The van der Waals surface area contributed by atoms with Crippen LogP contribution in [0.5, 0.6) is 0 Å². The lowest BCUT2D eigenvalue weighted by atomic mass is 10.1. The third kappa shape index (κ3) is 6.81. The third-order valence-corrected chi connectivity index (χ3v) is 0.949. The van der Waals surface area contributed by atoms with Crippen LogP contribution in [0.15, 0.2) is 36.6 Å². The first-order valence-electron chi connectivity index (χ1n) is 3.81. The van der Waals surface area contributed by atoms with Crippen LogP contribution in [0.4, 0.5) is 0 Å². The lowest BCUT2D eigenvalue weighted by Gasteiger charge is -1.92. The zero-order valence-corrected chi connectivity index (χ0v) is 7.92. The SMILES string of the molecule is C=C/C(=C\C(=C)O)C(C)=O.CC. The zero-order valence-electron chi connectivity index (χ0n) is 7.92. The van der Waals surface area contributed by atoms with Gasteiger partial charge in [-0.2, -0.15) is 0 Å². The number of Topliss-reactive ketones (excluding diaryl/α,β-unsaturated/α-hetero) is 1. The van der Waals surface area contributed by atoms with Gasteiger partial charge in [0.25, 0.3) is 0 Å². The standard InChI is InChI=1S/C8H10O2.C2H6/c1-4-8(7(3)10)5-6(2)9;1-2/h4-5,9H,1-2H2,3H3;1-2H3/b8-5+;. The molecule has 2 heteroatoms. The molecule has 0 aromatic heterocycles. The molecule has 1 N–H and O–H groups in total. The topological polar surface area (TPSA) is 37.3 Å². The minimum Gasteiger partial charge on any atom is -0.509 e. The maximum absolute atomic E-state index is 10.6. The first kappa shape index (κ1) is 13.3. The van der Waals surface area contributed by atoms with Gasteiger partial charge in [-0.25, -0.2) is 0 Å². The Hall–Kier alpha value is -1.31. The van der Waals surface area contributed by atoms with Gasteiger partial charge >= 0.3 is 0 Å². The Kier molecular flexibility index (Phi) is 8.63. The molecule has 0 unspecified atom stereocenters. The van der Waals surface area contributed by atoms with Gasteiger partial charge in [0.1, 0.15) is 5.76 Å². The van der Waals surface area contributed by atoms with Crippen LogP contribution in [-0.4, -0.2) is 10.9 Å². The molecular weight excluding hydrogens is 152 g/mol. The van der Waals surface area contributed by atoms with E-state index in [1.54, 1.807) is 0 Å². The summed E-state index contributed by atoms with van der Waals surface area (Å²) in [6, 6.07) is 0. The smallest absolute Gasteiger partial charge is 0.159 e. The Morgan fingerprint density at radius 2 is 1.83 bits per heavy atom. The van der Waals surface area contributed by atoms with Gasteiger partial charge in [-0.1, -0.05) is 33.1 Å². The van der Waals surface area contributed by atoms with Crippen LogP contribution >= 0.6 is 0 Å². The average Bonchev–Trinajstić information content (AvgIpc) is 2.03. The van der Waals surface area contributed by atoms with E-state index in [1.807, 2.05) is 13.8 Å². The molecule has 0 spiro atoms. The second-order valence-electron chi connectivity index (χ2n) is 1.85. The van der Waals surface area contributed by atoms with E-state index in [0.717, 1.165) is 0 Å². The first-order valence-corrected chi connectivity index (χ1v) is 3.81. The van der Waals surface area contributed by atoms with Crippen molar-refractivity contribution < 1.29 is 9.90 Å². The van der Waals surface area contributed by atoms with E-state index in [1.165, 1.54) is 19.1 Å². The quantitative estimate of drug-likeness (QED) is 0.399. The van der Waals surface area contributed by atoms with Crippen LogP contribution in [0, 0.1) is 0 Å². The average molecular weight is 168 g/mol. The lowest BCUT2D eigenvalue weighted by Crippen LogP contribution is -1.92. The summed E-state index contributed by atoms with van der Waals surface area (Å²) in [7, 11) is 0. The molecule has 0 radical (unpaired) electrons. The highest BCUT2D eigenvalue weighted by atomic mass is 16.3. The fourth-order valence-electron chi connectivity index (χ4n) is 0.484. The van der Waals surface area contributed by atoms with E-state index >= 15 is 0 Å². The molecule has 0 amide bonds. The number of hydrogen-bond donors (Lipinski definition) is 1. The molecule has 0 bridgehead atoms. The van der Waals surface area contributed by atoms with Crippen molar-refractivity contribution in [1.29, 1.82) is 0 Å². The van der Waals surface area contributed by atoms with Crippen LogP contribution in [-0.2, 0) is 4.79 Å². The molecule has 0 heterocycles. The first-order chi connectivity index (χ1) is 5.57. The van der Waals surface area contributed by atoms with E-state index in [2.05, 4.69) is 13.2 Å². The Balaban J connectivity index is 0. The molecule has 0 saturated heterocycles. The van der Waals surface area contributed by atoms with E-state index < -0.39 is 0 Å². The van der Waals surface area contributed by atoms with Crippen LogP contribution in [0.25, 0.3) is 0 Å². The van der Waals surface area contributed by atoms with Crippen LogP contribution in [0.3, 0.4) is 0 Å². The highest BCUT2D eigenvalue weighted by Gasteiger charge is 1.96. The van der Waals surface area contributed by atoms with Crippen molar-refractivity contribution in [2.45, 2.75) is 20.8 Å². The second kappa shape index (κ2) is 7.79. The predicted octanol–water partition coefficient (Wildman–Crippen LogP) is 2.79. The summed E-state index contributed by atoms with van der Waals surface area (Å²) in [5, 5.41) is 8.63. The van der Waals surface area contributed by atoms with E-state index in [4.69, 9.17) is 5.11 Å². The fourth-order valence-corrected chi connectivity index (χ4v) is 0.484. The van der Waals surface area contributed by atoms with Crippen molar-refractivity contribution in [1.82, 2.24) is 0 Å². The number of aliphatic hydroxyl groups excluding tert-OH is 1. The van der Waals surface area contributed by atoms with E-state index in [9.17, 15) is 4.79 Å². The van der Waals surface area contributed by atoms with Gasteiger partial charge in [-0.3, -0.25) is 4.79 Å². The van der Waals surface area contributed by atoms with Gasteiger partial charge in [0.05, 0.1) is 0 Å². The summed E-state index contributed by atoms with van der Waals surface area (Å²) in [5.74, 6) is -0.268. The molecule has 0 fully saturated rings. The number of allylic oxidation sites excluding steroid dienone is 3. The number of carbonyl (C=O) groups excluding carboxylic acids is 1. The Morgan fingerprint density at radius 3 is 1.92 bits per heavy atom. The van der Waals surface area contributed by atoms with Gasteiger partial charge in [0.2, 0.25) is 0 Å². The summed E-state index contributed by atoms with van der Waals surface area (Å²) < 4.78 is 0. The second-order valence-corrected chi connectivity index (χ2v) is 1.85. The summed E-state index contributed by atoms with van der Waals surface area (Å²) >= 11 is 0. The van der Waals surface area contributed by atoms with Gasteiger partial charge < -0.3 is 5.11 Å². The molecule has 2 nitrogen and oxygen atoms in total. The molecule has 0 aromatic rings. The maximum Gasteiger partial charge on any atom is 0.159 e. The minimum atomic E-state index is -0.134. The molecule has 0 aromatic carbocycles. The molecule has 0 aliphatic carbocycles. The van der Waals surface area contributed by atoms with Crippen molar-refractivity contribution in [3.05, 3.63) is 36.6 Å². The molecule has 0 aliphatic rings. The number of aliphatic hydroxyl groups is 1. The summed E-state index contributed by atoms with van der Waals surface area (Å²) in [5.41, 5.74) is 0.368. The van der Waals surface area contributed by atoms with Gasteiger partial charge in [-0.05, 0) is 13.0 Å². The van der Waals surface area contributed by atoms with Crippen molar-refractivity contribution in [3.63, 3.8) is 0 Å². The monoisotopic (exact) mass is 168 g/mol. The maximum atomic E-state index is 10.6. The van der Waals surface area contributed by atoms with Crippen LogP contribution in [0.1, 0.15) is 20.8 Å². The summed E-state index contributed by atoms with van der Waals surface area (Å²) in [6.45, 7) is 12.0. The summed E-state index contributed by atoms with van der Waals surface area (Å²) in [6.07, 6.45) is 2.65. The molecular formula is C10H16O2. The summed E-state index contributed by atoms with van der Waals surface area (Å²) in [4.78, 5) is 10.6. The Bertz CT molecular complexity index is 200. The fraction of sp³-hybridized carbons (Fsp3) is 0.300. The van der Waals surface area contributed by atoms with Crippen molar-refractivity contribution in [3.8, 4) is 0 Å². The van der Waals surface area contributed by atoms with Crippen molar-refractivity contribution in [2.24, 2.45) is 0 Å². The number of carbonyl (C=O) groups is 1. The van der Waals surface area contributed by atoms with Gasteiger partial charge in [-0.15, -0.1) is 0 Å². The Labute approximate surface area is 73.9 Å². The molecule has 0 saturated carbocycles. The largest absolute Gasteiger partial charge is 0.509 e. The minimum absolute atomic E-state index is 0.134. The Morgan fingerprint density at radius 1 is 1.42 bits per heavy atom. The number of rotatable bonds is 3. The van der Waals surface area contributed by atoms with E-state index in [-0.39, 0.29) is 11.5 Å². The zero-order chi connectivity index (χ0) is 10.1. The molecule has 0 atom stereocenters. The third-order valence-electron chi connectivity index (χ3n) is 0.949. The normalized spacial score (nSPS) is 9.42. The van der Waals surface area contributed by atoms with Crippen molar-refractivity contribution in [2.75, 3.05) is 0 Å². The highest BCUT2D eigenvalue weighted by Crippen LogP contribution is 2.00. The predicted molar refractivity (Wildman–Crippen MR) is 52.1 cm³/mol. The van der Waals surface area contributed by atoms with Crippen LogP contribution in [0.2, 0.25) is 0 Å². The van der Waals surface area contributed by atoms with Crippen molar-refractivity contribution >= 4 is 5.78 Å². The molecule has 12 heavy (non-hydrogen) atoms. The number of ketones is 1. The molecule has 0 rings (SSSR count). The van der Waals surface area contributed by atoms with Crippen LogP contribution < -0.4 is 0 Å². The number of hydrogen-bond acceptors (Lipinski definition) is 2. The highest BCUT2D eigenvalue weighted by molar-refractivity contribution is 5.96. The molecule has 68 valence electrons. The lowest BCUT2D eigenvalue weighted by molar-refractivity contribution is -0.113. The van der Waals surface area contributed by atoms with E-state index in [0.29, 0.717) is 5.57 Å².